The molecule has 8 heterocycles. The number of aliphatic hydroxyl groups excluding tert-OH is 2. The maximum Gasteiger partial charge on any atom is 3.00 e. The maximum atomic E-state index is 13.8. The number of phosphoric acid groups is 1. The molecule has 2 aromatic rings. The Morgan fingerprint density at radius 3 is 1.95 bits per heavy atom. The molecule has 91 heavy (non-hydrogen) atoms. The smallest absolute Gasteiger partial charge is 0.756 e. The van der Waals surface area contributed by atoms with Gasteiger partial charge in [0.2, 0.25) is 41.4 Å². The van der Waals surface area contributed by atoms with E-state index in [0.717, 1.165) is 7.11 Å². The molecule has 2 fully saturated rings. The molecular weight excluding hydrogens is 1250 g/mol. The first kappa shape index (κ1) is 73.2. The van der Waals surface area contributed by atoms with Crippen molar-refractivity contribution in [2.45, 2.75) is 175 Å². The third-order valence-electron chi connectivity index (χ3n) is 19.5. The number of nitrogen functional groups attached to an aromatic ring is 1. The predicted molar refractivity (Wildman–Crippen MR) is 329 cm³/mol. The number of aromatic nitrogens is 4. The average Bonchev–Trinajstić information content (AvgIpc) is 1.54. The molecule has 30 nitrogen and oxygen atoms in total. The van der Waals surface area contributed by atoms with Crippen molar-refractivity contribution < 1.29 is 83.8 Å². The van der Waals surface area contributed by atoms with Gasteiger partial charge in [0.1, 0.15) is 17.9 Å². The summed E-state index contributed by atoms with van der Waals surface area (Å²) in [6, 6.07) is -0.991. The van der Waals surface area contributed by atoms with E-state index in [1.165, 1.54) is 24.1 Å². The number of imidazole rings is 1. The molecule has 8 bridgehead atoms. The molecule has 6 aliphatic rings. The largest absolute Gasteiger partial charge is 3.00 e. The summed E-state index contributed by atoms with van der Waals surface area (Å²) in [5.41, 5.74) is 40.3. The van der Waals surface area contributed by atoms with Gasteiger partial charge in [0.05, 0.1) is 29.8 Å². The van der Waals surface area contributed by atoms with Crippen LogP contribution in [0, 0.1) is 52.3 Å². The molecular formula is C59H86CoN16O14P. The van der Waals surface area contributed by atoms with Crippen LogP contribution in [-0.2, 0) is 68.7 Å². The summed E-state index contributed by atoms with van der Waals surface area (Å²) in [5, 5.41) is 27.8. The first-order valence-corrected chi connectivity index (χ1v) is 31.2. The monoisotopic (exact) mass is 1330 g/mol. The molecule has 0 aliphatic carbocycles. The Hall–Kier alpha value is -6.83. The fourth-order valence-electron chi connectivity index (χ4n) is 14.5. The first-order chi connectivity index (χ1) is 41.8. The van der Waals surface area contributed by atoms with Gasteiger partial charge < -0.3 is 86.6 Å². The van der Waals surface area contributed by atoms with E-state index < -0.39 is 137 Å². The van der Waals surface area contributed by atoms with Crippen LogP contribution < -0.4 is 50.3 Å². The zero-order valence-corrected chi connectivity index (χ0v) is 54.8. The molecule has 0 spiro atoms. The fraction of sp³-hybridized carbons (Fsp3) is 0.627. The minimum absolute atomic E-state index is 0. The van der Waals surface area contributed by atoms with E-state index in [9.17, 15) is 53.2 Å². The molecule has 8 rings (SSSR count). The van der Waals surface area contributed by atoms with Crippen molar-refractivity contribution in [3.8, 4) is 0 Å². The van der Waals surface area contributed by atoms with Gasteiger partial charge >= 0.3 is 16.8 Å². The summed E-state index contributed by atoms with van der Waals surface area (Å²) in [4.78, 5) is 132. The number of phosphoric ester groups is 1. The second-order valence-electron chi connectivity index (χ2n) is 25.9. The Bertz CT molecular complexity index is 3480. The van der Waals surface area contributed by atoms with E-state index in [1.54, 1.807) is 6.92 Å². The third kappa shape index (κ3) is 14.5. The number of amides is 7. The second-order valence-corrected chi connectivity index (χ2v) is 27.4. The molecule has 15 atom stereocenters. The Morgan fingerprint density at radius 2 is 1.40 bits per heavy atom. The minimum Gasteiger partial charge on any atom is -0.756 e. The van der Waals surface area contributed by atoms with Gasteiger partial charge in [0, 0.05) is 115 Å². The maximum absolute atomic E-state index is 13.8. The number of carbonyl (C=O) groups excluding carboxylic acids is 7. The van der Waals surface area contributed by atoms with Crippen LogP contribution in [-0.4, -0.2) is 138 Å². The van der Waals surface area contributed by atoms with E-state index in [-0.39, 0.29) is 99.8 Å². The van der Waals surface area contributed by atoms with Gasteiger partial charge in [0.15, 0.2) is 17.7 Å². The van der Waals surface area contributed by atoms with Crippen LogP contribution in [0.15, 0.2) is 61.9 Å². The van der Waals surface area contributed by atoms with Crippen LogP contribution in [0.4, 0.5) is 5.82 Å². The van der Waals surface area contributed by atoms with Gasteiger partial charge in [-0.15, -0.1) is 0 Å². The first-order valence-electron chi connectivity index (χ1n) is 29.7. The van der Waals surface area contributed by atoms with Crippen LogP contribution in [0.3, 0.4) is 0 Å². The van der Waals surface area contributed by atoms with E-state index >= 15 is 0 Å². The molecule has 2 aromatic heterocycles. The zero-order chi connectivity index (χ0) is 67.1. The van der Waals surface area contributed by atoms with Gasteiger partial charge in [-0.3, -0.25) is 57.7 Å². The third-order valence-corrected chi connectivity index (χ3v) is 20.6. The van der Waals surface area contributed by atoms with Gasteiger partial charge in [-0.25, -0.2) is 15.0 Å². The summed E-state index contributed by atoms with van der Waals surface area (Å²) < 4.78 is 28.3. The number of hydrogen-bond acceptors (Lipinski definition) is 21. The number of carbonyl (C=O) groups is 7. The van der Waals surface area contributed by atoms with Gasteiger partial charge in [-0.1, -0.05) is 40.7 Å². The molecule has 0 aromatic carbocycles. The van der Waals surface area contributed by atoms with Crippen LogP contribution >= 0.6 is 7.82 Å². The Kier molecular flexibility index (Phi) is 22.4. The Morgan fingerprint density at radius 1 is 0.802 bits per heavy atom. The van der Waals surface area contributed by atoms with Crippen molar-refractivity contribution in [3.05, 3.63) is 59.2 Å². The minimum atomic E-state index is -4.62. The number of aliphatic imine (C=N–C) groups is 3. The number of nitrogens with zero attached hydrogens (tertiary/aromatic N) is 8. The molecule has 32 heteroatoms. The second kappa shape index (κ2) is 27.8. The number of ether oxygens (including phenoxy) is 1. The van der Waals surface area contributed by atoms with Crippen molar-refractivity contribution in [1.29, 1.82) is 0 Å². The molecule has 0 radical (unpaired) electrons. The average molecular weight is 1330 g/mol. The number of nitrogens with one attached hydrogen (secondary N) is 1. The van der Waals surface area contributed by atoms with Crippen molar-refractivity contribution in [2.24, 2.45) is 94.7 Å². The normalized spacial score (nSPS) is 33.6. The van der Waals surface area contributed by atoms with Crippen LogP contribution in [0.1, 0.15) is 139 Å². The van der Waals surface area contributed by atoms with E-state index in [4.69, 9.17) is 69.7 Å². The van der Waals surface area contributed by atoms with Crippen molar-refractivity contribution in [3.63, 3.8) is 0 Å². The quantitative estimate of drug-likeness (QED) is 0.0526. The molecule has 6 aliphatic heterocycles. The number of rotatable bonds is 24. The molecule has 500 valence electrons. The predicted octanol–water partition coefficient (Wildman–Crippen LogP) is 1.52. The fourth-order valence-corrected chi connectivity index (χ4v) is 15.1. The molecule has 15 unspecified atom stereocenters. The van der Waals surface area contributed by atoms with Crippen molar-refractivity contribution >= 4 is 83.3 Å². The van der Waals surface area contributed by atoms with E-state index in [1.807, 2.05) is 54.5 Å². The number of nitrogens with two attached hydrogens (primary N) is 7. The van der Waals surface area contributed by atoms with E-state index in [0.29, 0.717) is 56.5 Å². The summed E-state index contributed by atoms with van der Waals surface area (Å²) >= 11 is 0. The number of aliphatic hydroxyl groups is 2. The standard InChI is InChI=1S/C49H76N11O11P.C10H12N5O3.Co/c1-24(71-72(68,69)70-10)23-56-39(67)17-18-46(6)30(19-36(53)64)44-49(9)48(8,22-38(55)66)29(13-16-35(52)63)41(60-49)26(3)43-47(7,21-37(54)65)27(11-14-33(50)61)31(57-43)20-32-45(4,5)28(12-15-34(51)62)40(58-32)25(2)42(46)59-44;1-4-6(16)7(17)10(18-4)15-3-14-5-8(11)12-2-13-9(5)15;/h20,24,27-30,44H,11-19,21-23H2,1-10H3,(H15,50,51,52,53,54,55,56,57,58,59,60,61,62,63,64,65,66,67,68,69);2-4,6-7,10,16-17H,1H2,(H2,11,12,13);/q;-1;+3/p-2. The number of hydrogen-bond donors (Lipinski definition) is 10. The van der Waals surface area contributed by atoms with Crippen LogP contribution in [0.5, 0.6) is 0 Å². The molecule has 2 saturated heterocycles. The van der Waals surface area contributed by atoms with Gasteiger partial charge in [-0.2, -0.15) is 5.70 Å². The summed E-state index contributed by atoms with van der Waals surface area (Å²) in [7, 11) is -3.66. The topological polar surface area (TPSA) is 517 Å². The van der Waals surface area contributed by atoms with E-state index in [2.05, 4.69) is 31.7 Å². The summed E-state index contributed by atoms with van der Waals surface area (Å²) in [6.45, 7) is 19.8. The Balaban J connectivity index is 0.000000586. The molecule has 17 N–H and O–H groups in total. The van der Waals surface area contributed by atoms with Gasteiger partial charge in [0.25, 0.3) is 7.82 Å². The van der Waals surface area contributed by atoms with Crippen molar-refractivity contribution in [1.82, 2.24) is 24.8 Å². The van der Waals surface area contributed by atoms with Crippen LogP contribution in [0.25, 0.3) is 16.5 Å². The SMILES string of the molecule is COP(=O)([O-])OC(C)CNC(=O)CCC1(C)/C2=C(\C)C3=N/C(=C\C4=NC(=C(/C)C5=NC(C)(C([N-]2)C1CC(N)=O)C(C)(CC(N)=O)C5CCC(N)=O)/C(C)(CC(N)=O)C4CCC(N)=O)C(C)(C)C3CCC(N)=O.[CH2-]C1OC(n2cnc3c(N)ncnc32)C(O)C1O.[Co+3]. The Labute approximate surface area is 538 Å². The number of allylic oxidation sites excluding steroid dienone is 6. The summed E-state index contributed by atoms with van der Waals surface area (Å²) in [5.74, 6) is -6.69. The number of fused-ring (bicyclic) bond motifs is 7. The zero-order valence-electron chi connectivity index (χ0n) is 52.9. The number of anilines is 1. The van der Waals surface area contributed by atoms with Crippen LogP contribution in [0.2, 0.25) is 0 Å². The number of primary amides is 6. The summed E-state index contributed by atoms with van der Waals surface area (Å²) in [6.07, 6.45) is -0.655. The van der Waals surface area contributed by atoms with Crippen molar-refractivity contribution in [2.75, 3.05) is 19.4 Å². The van der Waals surface area contributed by atoms with Gasteiger partial charge in [-0.05, 0) is 88.0 Å². The molecule has 7 amide bonds. The molecule has 0 saturated carbocycles.